The van der Waals surface area contributed by atoms with Gasteiger partial charge in [-0.2, -0.15) is 11.8 Å². The van der Waals surface area contributed by atoms with Crippen LogP contribution in [-0.2, 0) is 11.2 Å². The maximum absolute atomic E-state index is 13.1. The molecule has 2 rings (SSSR count). The summed E-state index contributed by atoms with van der Waals surface area (Å²) in [6.45, 7) is 2.00. The standard InChI is InChI=1S/C17H25FN4OS/c1-19-17(22-12-15-6-3-9-24-15)21-8-7-20-16(23)11-13-4-2-5-14(18)10-13/h2,4-5,10,15H,3,6-9,11-12H2,1H3,(H,20,23)(H2,19,21,22). The highest BCUT2D eigenvalue weighted by molar-refractivity contribution is 8.00. The lowest BCUT2D eigenvalue weighted by molar-refractivity contribution is -0.120. The summed E-state index contributed by atoms with van der Waals surface area (Å²) in [7, 11) is 1.74. The summed E-state index contributed by atoms with van der Waals surface area (Å²) in [5.41, 5.74) is 0.673. The van der Waals surface area contributed by atoms with E-state index in [-0.39, 0.29) is 18.1 Å². The molecule has 1 atom stereocenters. The van der Waals surface area contributed by atoms with Crippen LogP contribution in [0.3, 0.4) is 0 Å². The molecule has 0 aromatic heterocycles. The fraction of sp³-hybridized carbons (Fsp3) is 0.529. The first-order valence-corrected chi connectivity index (χ1v) is 9.29. The van der Waals surface area contributed by atoms with Gasteiger partial charge in [-0.3, -0.25) is 9.79 Å². The van der Waals surface area contributed by atoms with Crippen LogP contribution in [0.2, 0.25) is 0 Å². The number of benzene rings is 1. The van der Waals surface area contributed by atoms with Crippen LogP contribution < -0.4 is 16.0 Å². The molecule has 1 aromatic rings. The Morgan fingerprint density at radius 1 is 1.33 bits per heavy atom. The molecule has 1 aliphatic rings. The lowest BCUT2D eigenvalue weighted by Crippen LogP contribution is -2.43. The summed E-state index contributed by atoms with van der Waals surface area (Å²) in [4.78, 5) is 16.0. The molecule has 24 heavy (non-hydrogen) atoms. The van der Waals surface area contributed by atoms with Crippen LogP contribution in [0.4, 0.5) is 4.39 Å². The topological polar surface area (TPSA) is 65.5 Å². The van der Waals surface area contributed by atoms with Crippen LogP contribution >= 0.6 is 11.8 Å². The minimum absolute atomic E-state index is 0.118. The number of carbonyl (C=O) groups is 1. The second-order valence-corrected chi connectivity index (χ2v) is 7.08. The summed E-state index contributed by atoms with van der Waals surface area (Å²) in [5.74, 6) is 1.56. The van der Waals surface area contributed by atoms with Crippen LogP contribution in [0.25, 0.3) is 0 Å². The van der Waals surface area contributed by atoms with E-state index < -0.39 is 0 Å². The van der Waals surface area contributed by atoms with Crippen LogP contribution in [0, 0.1) is 5.82 Å². The molecule has 0 spiro atoms. The van der Waals surface area contributed by atoms with E-state index in [0.717, 1.165) is 12.5 Å². The Labute approximate surface area is 146 Å². The van der Waals surface area contributed by atoms with Gasteiger partial charge in [0.15, 0.2) is 5.96 Å². The molecule has 132 valence electrons. The van der Waals surface area contributed by atoms with E-state index in [4.69, 9.17) is 0 Å². The third-order valence-corrected chi connectivity index (χ3v) is 5.14. The maximum Gasteiger partial charge on any atom is 0.224 e. The predicted molar refractivity (Wildman–Crippen MR) is 98.0 cm³/mol. The van der Waals surface area contributed by atoms with Crippen molar-refractivity contribution in [3.63, 3.8) is 0 Å². The van der Waals surface area contributed by atoms with E-state index in [0.29, 0.717) is 23.9 Å². The normalized spacial score (nSPS) is 17.6. The molecule has 3 N–H and O–H groups in total. The average Bonchev–Trinajstić information content (AvgIpc) is 3.07. The van der Waals surface area contributed by atoms with Gasteiger partial charge in [0, 0.05) is 31.9 Å². The van der Waals surface area contributed by atoms with Gasteiger partial charge in [-0.1, -0.05) is 12.1 Å². The van der Waals surface area contributed by atoms with Gasteiger partial charge in [0.2, 0.25) is 5.91 Å². The number of hydrogen-bond acceptors (Lipinski definition) is 3. The van der Waals surface area contributed by atoms with Crippen molar-refractivity contribution in [1.29, 1.82) is 0 Å². The molecule has 0 bridgehead atoms. The van der Waals surface area contributed by atoms with Gasteiger partial charge >= 0.3 is 0 Å². The van der Waals surface area contributed by atoms with E-state index in [9.17, 15) is 9.18 Å². The molecule has 0 radical (unpaired) electrons. The highest BCUT2D eigenvalue weighted by Gasteiger charge is 2.15. The Bertz CT molecular complexity index is 561. The van der Waals surface area contributed by atoms with Crippen molar-refractivity contribution >= 4 is 23.6 Å². The number of carbonyl (C=O) groups excluding carboxylic acids is 1. The van der Waals surface area contributed by atoms with Crippen LogP contribution in [0.5, 0.6) is 0 Å². The lowest BCUT2D eigenvalue weighted by atomic mass is 10.1. The first-order chi connectivity index (χ1) is 11.7. The molecular weight excluding hydrogens is 327 g/mol. The Morgan fingerprint density at radius 2 is 2.17 bits per heavy atom. The fourth-order valence-corrected chi connectivity index (χ4v) is 3.72. The summed E-state index contributed by atoms with van der Waals surface area (Å²) in [6, 6.07) is 6.10. The average molecular weight is 352 g/mol. The highest BCUT2D eigenvalue weighted by Crippen LogP contribution is 2.25. The molecule has 1 fully saturated rings. The van der Waals surface area contributed by atoms with Gasteiger partial charge < -0.3 is 16.0 Å². The van der Waals surface area contributed by atoms with Crippen molar-refractivity contribution in [1.82, 2.24) is 16.0 Å². The van der Waals surface area contributed by atoms with Crippen molar-refractivity contribution in [3.05, 3.63) is 35.6 Å². The van der Waals surface area contributed by atoms with Crippen LogP contribution in [0.1, 0.15) is 18.4 Å². The summed E-state index contributed by atoms with van der Waals surface area (Å²) in [6.07, 6.45) is 2.73. The third kappa shape index (κ3) is 6.78. The minimum atomic E-state index is -0.322. The van der Waals surface area contributed by atoms with Gasteiger partial charge in [-0.05, 0) is 36.3 Å². The third-order valence-electron chi connectivity index (χ3n) is 3.74. The predicted octanol–water partition coefficient (Wildman–Crippen LogP) is 1.54. The zero-order valence-electron chi connectivity index (χ0n) is 14.0. The van der Waals surface area contributed by atoms with Crippen molar-refractivity contribution in [2.24, 2.45) is 4.99 Å². The Balaban J connectivity index is 1.59. The first kappa shape index (κ1) is 18.6. The van der Waals surface area contributed by atoms with E-state index in [2.05, 4.69) is 20.9 Å². The van der Waals surface area contributed by atoms with Gasteiger partial charge in [-0.15, -0.1) is 0 Å². The van der Waals surface area contributed by atoms with Gasteiger partial charge in [0.25, 0.3) is 0 Å². The van der Waals surface area contributed by atoms with E-state index >= 15 is 0 Å². The Hall–Kier alpha value is -1.76. The number of amides is 1. The largest absolute Gasteiger partial charge is 0.355 e. The first-order valence-electron chi connectivity index (χ1n) is 8.24. The van der Waals surface area contributed by atoms with Crippen molar-refractivity contribution < 1.29 is 9.18 Å². The summed E-state index contributed by atoms with van der Waals surface area (Å²) < 4.78 is 13.1. The van der Waals surface area contributed by atoms with E-state index in [1.807, 2.05) is 11.8 Å². The molecule has 7 heteroatoms. The number of guanidine groups is 1. The lowest BCUT2D eigenvalue weighted by Gasteiger charge is -2.15. The molecule has 1 aliphatic heterocycles. The second kappa shape index (κ2) is 10.2. The van der Waals surface area contributed by atoms with Gasteiger partial charge in [0.05, 0.1) is 6.42 Å². The number of thioether (sulfide) groups is 1. The number of rotatable bonds is 7. The van der Waals surface area contributed by atoms with Crippen LogP contribution in [0.15, 0.2) is 29.3 Å². The number of aliphatic imine (C=N–C) groups is 1. The molecule has 0 aliphatic carbocycles. The smallest absolute Gasteiger partial charge is 0.224 e. The monoisotopic (exact) mass is 352 g/mol. The molecule has 0 saturated carbocycles. The zero-order valence-corrected chi connectivity index (χ0v) is 14.8. The SMILES string of the molecule is CN=C(NCCNC(=O)Cc1cccc(F)c1)NCC1CCCS1. The van der Waals surface area contributed by atoms with Gasteiger partial charge in [-0.25, -0.2) is 4.39 Å². The van der Waals surface area contributed by atoms with Crippen molar-refractivity contribution in [2.75, 3.05) is 32.4 Å². The second-order valence-electron chi connectivity index (χ2n) is 5.67. The number of hydrogen-bond donors (Lipinski definition) is 3. The van der Waals surface area contributed by atoms with E-state index in [1.54, 1.807) is 19.2 Å². The molecule has 1 saturated heterocycles. The molecule has 1 amide bonds. The minimum Gasteiger partial charge on any atom is -0.355 e. The highest BCUT2D eigenvalue weighted by atomic mass is 32.2. The van der Waals surface area contributed by atoms with E-state index in [1.165, 1.54) is 30.7 Å². The summed E-state index contributed by atoms with van der Waals surface area (Å²) >= 11 is 2.00. The van der Waals surface area contributed by atoms with Crippen LogP contribution in [-0.4, -0.2) is 49.6 Å². The number of nitrogens with zero attached hydrogens (tertiary/aromatic N) is 1. The summed E-state index contributed by atoms with van der Waals surface area (Å²) in [5, 5.41) is 9.96. The zero-order chi connectivity index (χ0) is 17.2. The molecule has 1 unspecified atom stereocenters. The Kier molecular flexibility index (Phi) is 7.88. The van der Waals surface area contributed by atoms with Gasteiger partial charge in [0.1, 0.15) is 5.82 Å². The molecule has 1 heterocycles. The molecule has 1 aromatic carbocycles. The fourth-order valence-electron chi connectivity index (χ4n) is 2.51. The Morgan fingerprint density at radius 3 is 2.88 bits per heavy atom. The number of nitrogens with one attached hydrogen (secondary N) is 3. The molecule has 5 nitrogen and oxygen atoms in total. The quantitative estimate of drug-likeness (QED) is 0.396. The number of halogens is 1. The van der Waals surface area contributed by atoms with Crippen molar-refractivity contribution in [2.45, 2.75) is 24.5 Å². The van der Waals surface area contributed by atoms with Crippen molar-refractivity contribution in [3.8, 4) is 0 Å². The molecular formula is C17H25FN4OS. The maximum atomic E-state index is 13.1.